The molecule has 1 N–H and O–H groups in total. The van der Waals surface area contributed by atoms with Gasteiger partial charge in [-0.05, 0) is 59.5 Å². The molecule has 1 saturated carbocycles. The van der Waals surface area contributed by atoms with E-state index in [1.54, 1.807) is 0 Å². The lowest BCUT2D eigenvalue weighted by molar-refractivity contribution is -0.118. The van der Waals surface area contributed by atoms with Crippen LogP contribution in [0.15, 0.2) is 11.1 Å². The normalized spacial score (nSPS) is 16.8. The van der Waals surface area contributed by atoms with E-state index in [-0.39, 0.29) is 11.9 Å². The Hall–Kier alpha value is -0.830. The molecule has 0 spiro atoms. The number of carbonyl (C=O) groups excluding carboxylic acids is 1. The van der Waals surface area contributed by atoms with Gasteiger partial charge in [-0.1, -0.05) is 18.9 Å². The average Bonchev–Trinajstić information content (AvgIpc) is 2.88. The van der Waals surface area contributed by atoms with E-state index in [1.807, 2.05) is 6.92 Å². The Morgan fingerprint density at radius 1 is 1.37 bits per heavy atom. The van der Waals surface area contributed by atoms with Crippen LogP contribution in [-0.4, -0.2) is 37.0 Å². The fraction of sp³-hybridized carbons (Fsp3) is 0.812. The number of hydrogen-bond acceptors (Lipinski definition) is 2. The van der Waals surface area contributed by atoms with Crippen molar-refractivity contribution in [1.82, 2.24) is 10.2 Å². The second-order valence-corrected chi connectivity index (χ2v) is 5.93. The fourth-order valence-corrected chi connectivity index (χ4v) is 2.70. The Labute approximate surface area is 118 Å². The van der Waals surface area contributed by atoms with Crippen molar-refractivity contribution in [3.8, 4) is 0 Å². The minimum Gasteiger partial charge on any atom is -0.349 e. The Morgan fingerprint density at radius 3 is 2.58 bits per heavy atom. The van der Waals surface area contributed by atoms with Crippen molar-refractivity contribution in [3.05, 3.63) is 11.1 Å². The zero-order valence-electron chi connectivity index (χ0n) is 13.1. The summed E-state index contributed by atoms with van der Waals surface area (Å²) >= 11 is 0. The summed E-state index contributed by atoms with van der Waals surface area (Å²) in [7, 11) is 2.13. The number of allylic oxidation sites excluding steroid dienone is 1. The van der Waals surface area contributed by atoms with E-state index in [1.165, 1.54) is 31.3 Å². The number of unbranched alkanes of at least 4 members (excludes halogenated alkanes) is 1. The molecular formula is C16H30N2O. The van der Waals surface area contributed by atoms with Gasteiger partial charge in [-0.15, -0.1) is 0 Å². The third kappa shape index (κ3) is 5.77. The van der Waals surface area contributed by atoms with Crippen molar-refractivity contribution >= 4 is 5.91 Å². The van der Waals surface area contributed by atoms with Crippen LogP contribution in [0.1, 0.15) is 59.3 Å². The van der Waals surface area contributed by atoms with Crippen LogP contribution in [0.5, 0.6) is 0 Å². The summed E-state index contributed by atoms with van der Waals surface area (Å²) in [5.74, 6) is 0.133. The maximum absolute atomic E-state index is 12.1. The molecule has 0 heterocycles. The van der Waals surface area contributed by atoms with Crippen LogP contribution in [0.4, 0.5) is 0 Å². The molecule has 1 atom stereocenters. The smallest absolute Gasteiger partial charge is 0.247 e. The monoisotopic (exact) mass is 266 g/mol. The van der Waals surface area contributed by atoms with E-state index in [9.17, 15) is 4.79 Å². The Bertz CT molecular complexity index is 315. The highest BCUT2D eigenvalue weighted by Gasteiger charge is 2.16. The van der Waals surface area contributed by atoms with Crippen LogP contribution >= 0.6 is 0 Å². The summed E-state index contributed by atoms with van der Waals surface area (Å²) in [5.41, 5.74) is 2.32. The molecule has 0 aromatic rings. The lowest BCUT2D eigenvalue weighted by Crippen LogP contribution is -2.41. The van der Waals surface area contributed by atoms with E-state index in [0.29, 0.717) is 0 Å². The lowest BCUT2D eigenvalue weighted by atomic mass is 10.1. The Kier molecular flexibility index (Phi) is 7.14. The van der Waals surface area contributed by atoms with Gasteiger partial charge in [-0.2, -0.15) is 0 Å². The predicted molar refractivity (Wildman–Crippen MR) is 81.2 cm³/mol. The Balaban J connectivity index is 2.37. The maximum Gasteiger partial charge on any atom is 0.247 e. The molecule has 0 aliphatic heterocycles. The van der Waals surface area contributed by atoms with E-state index < -0.39 is 0 Å². The molecule has 3 heteroatoms. The number of nitrogens with zero attached hydrogens (tertiary/aromatic N) is 1. The highest BCUT2D eigenvalue weighted by atomic mass is 16.1. The number of hydrogen-bond donors (Lipinski definition) is 1. The first kappa shape index (κ1) is 16.2. The number of likely N-dealkylation sites (N-methyl/N-ethyl adjacent to an activating group) is 1. The molecule has 110 valence electrons. The number of carbonyl (C=O) groups is 1. The van der Waals surface area contributed by atoms with Gasteiger partial charge in [0.25, 0.3) is 0 Å². The number of rotatable bonds is 7. The van der Waals surface area contributed by atoms with Crippen LogP contribution < -0.4 is 5.32 Å². The predicted octanol–water partition coefficient (Wildman–Crippen LogP) is 3.11. The molecular weight excluding hydrogens is 236 g/mol. The van der Waals surface area contributed by atoms with Gasteiger partial charge in [-0.3, -0.25) is 4.79 Å². The maximum atomic E-state index is 12.1. The summed E-state index contributed by atoms with van der Waals surface area (Å²) in [6.07, 6.45) is 7.16. The summed E-state index contributed by atoms with van der Waals surface area (Å²) in [6, 6.07) is 0.214. The number of amides is 1. The SMILES string of the molecule is CCCCN(C)CC(C)NC(=O)C(C)=C1CCCC1. The van der Waals surface area contributed by atoms with E-state index in [0.717, 1.165) is 31.5 Å². The standard InChI is InChI=1S/C16H30N2O/c1-5-6-11-18(4)12-13(2)17-16(19)14(3)15-9-7-8-10-15/h13H,5-12H2,1-4H3,(H,17,19). The molecule has 1 aliphatic carbocycles. The molecule has 1 unspecified atom stereocenters. The van der Waals surface area contributed by atoms with E-state index in [4.69, 9.17) is 0 Å². The molecule has 3 nitrogen and oxygen atoms in total. The Morgan fingerprint density at radius 2 is 2.00 bits per heavy atom. The van der Waals surface area contributed by atoms with Crippen LogP contribution in [0, 0.1) is 0 Å². The second kappa shape index (κ2) is 8.36. The minimum atomic E-state index is 0.133. The summed E-state index contributed by atoms with van der Waals surface area (Å²) in [6.45, 7) is 8.30. The minimum absolute atomic E-state index is 0.133. The van der Waals surface area contributed by atoms with E-state index in [2.05, 4.69) is 31.1 Å². The van der Waals surface area contributed by atoms with Gasteiger partial charge in [0, 0.05) is 18.2 Å². The van der Waals surface area contributed by atoms with E-state index >= 15 is 0 Å². The van der Waals surface area contributed by atoms with Crippen molar-refractivity contribution in [2.45, 2.75) is 65.3 Å². The summed E-state index contributed by atoms with van der Waals surface area (Å²) < 4.78 is 0. The molecule has 1 fully saturated rings. The fourth-order valence-electron chi connectivity index (χ4n) is 2.70. The van der Waals surface area contributed by atoms with Gasteiger partial charge in [0.2, 0.25) is 5.91 Å². The second-order valence-electron chi connectivity index (χ2n) is 5.93. The topological polar surface area (TPSA) is 32.3 Å². The van der Waals surface area contributed by atoms with Crippen LogP contribution in [-0.2, 0) is 4.79 Å². The lowest BCUT2D eigenvalue weighted by Gasteiger charge is -2.22. The molecule has 0 aromatic carbocycles. The molecule has 0 bridgehead atoms. The third-order valence-electron chi connectivity index (χ3n) is 3.93. The highest BCUT2D eigenvalue weighted by Crippen LogP contribution is 2.26. The molecule has 0 radical (unpaired) electrons. The largest absolute Gasteiger partial charge is 0.349 e. The molecule has 1 rings (SSSR count). The van der Waals surface area contributed by atoms with Crippen LogP contribution in [0.3, 0.4) is 0 Å². The van der Waals surface area contributed by atoms with Gasteiger partial charge in [0.15, 0.2) is 0 Å². The molecule has 1 amide bonds. The molecule has 0 saturated heterocycles. The van der Waals surface area contributed by atoms with Crippen LogP contribution in [0.25, 0.3) is 0 Å². The average molecular weight is 266 g/mol. The van der Waals surface area contributed by atoms with Crippen molar-refractivity contribution < 1.29 is 4.79 Å². The van der Waals surface area contributed by atoms with Gasteiger partial charge in [0.05, 0.1) is 0 Å². The van der Waals surface area contributed by atoms with Crippen molar-refractivity contribution in [2.75, 3.05) is 20.1 Å². The zero-order valence-corrected chi connectivity index (χ0v) is 13.1. The van der Waals surface area contributed by atoms with Gasteiger partial charge < -0.3 is 10.2 Å². The van der Waals surface area contributed by atoms with Gasteiger partial charge >= 0.3 is 0 Å². The summed E-state index contributed by atoms with van der Waals surface area (Å²) in [4.78, 5) is 14.4. The van der Waals surface area contributed by atoms with Crippen molar-refractivity contribution in [2.24, 2.45) is 0 Å². The first-order chi connectivity index (χ1) is 9.04. The zero-order chi connectivity index (χ0) is 14.3. The molecule has 0 aromatic heterocycles. The first-order valence-corrected chi connectivity index (χ1v) is 7.72. The first-order valence-electron chi connectivity index (χ1n) is 7.72. The molecule has 19 heavy (non-hydrogen) atoms. The van der Waals surface area contributed by atoms with Crippen molar-refractivity contribution in [1.29, 1.82) is 0 Å². The van der Waals surface area contributed by atoms with Crippen LogP contribution in [0.2, 0.25) is 0 Å². The van der Waals surface area contributed by atoms with Crippen molar-refractivity contribution in [3.63, 3.8) is 0 Å². The quantitative estimate of drug-likeness (QED) is 0.718. The van der Waals surface area contributed by atoms with Gasteiger partial charge in [-0.25, -0.2) is 0 Å². The highest BCUT2D eigenvalue weighted by molar-refractivity contribution is 5.93. The third-order valence-corrected chi connectivity index (χ3v) is 3.93. The summed E-state index contributed by atoms with van der Waals surface area (Å²) in [5, 5.41) is 3.13. The number of nitrogens with one attached hydrogen (secondary N) is 1. The molecule has 1 aliphatic rings. The van der Waals surface area contributed by atoms with Gasteiger partial charge in [0.1, 0.15) is 0 Å².